The number of amides is 1. The zero-order valence-electron chi connectivity index (χ0n) is 14.4. The average Bonchev–Trinajstić information content (AvgIpc) is 2.95. The highest BCUT2D eigenvalue weighted by molar-refractivity contribution is 7.13. The molecule has 3 rings (SSSR count). The molecule has 130 valence electrons. The lowest BCUT2D eigenvalue weighted by atomic mass is 10.0. The van der Waals surface area contributed by atoms with Crippen molar-refractivity contribution in [2.24, 2.45) is 0 Å². The topological polar surface area (TPSA) is 51.7 Å². The monoisotopic (exact) mass is 348 g/mol. The predicted octanol–water partition coefficient (Wildman–Crippen LogP) is 4.46. The Morgan fingerprint density at radius 2 is 2.12 bits per heavy atom. The number of carbonyl (C=O) groups is 1. The van der Waals surface area contributed by atoms with E-state index in [2.05, 4.69) is 4.37 Å². The summed E-state index contributed by atoms with van der Waals surface area (Å²) in [7, 11) is 0. The molecule has 0 N–H and O–H groups in total. The Hall–Kier alpha value is -1.82. The second-order valence-corrected chi connectivity index (χ2v) is 7.92. The lowest BCUT2D eigenvalue weighted by Crippen LogP contribution is -2.48. The van der Waals surface area contributed by atoms with Crippen molar-refractivity contribution < 1.29 is 14.3 Å². The maximum atomic E-state index is 12.4. The number of benzene rings is 1. The summed E-state index contributed by atoms with van der Waals surface area (Å²) < 4.78 is 17.0. The molecule has 1 fully saturated rings. The molecule has 1 aliphatic rings. The molecule has 0 radical (unpaired) electrons. The highest BCUT2D eigenvalue weighted by atomic mass is 32.1. The van der Waals surface area contributed by atoms with Crippen molar-refractivity contribution in [2.75, 3.05) is 13.2 Å². The summed E-state index contributed by atoms with van der Waals surface area (Å²) in [6, 6.07) is 8.06. The van der Waals surface area contributed by atoms with Crippen LogP contribution in [0.1, 0.15) is 40.0 Å². The minimum Gasteiger partial charge on any atom is -0.474 e. The molecule has 0 aliphatic carbocycles. The van der Waals surface area contributed by atoms with E-state index in [1.54, 1.807) is 0 Å². The van der Waals surface area contributed by atoms with Crippen molar-refractivity contribution in [1.29, 1.82) is 0 Å². The standard InChI is InChI=1S/C18H24N2O3S/c1-18(2,3)23-17(21)20-11-7-6-8-13(20)12-22-16-14-9-4-5-10-15(14)24-19-16/h4-5,9-10,13H,6-8,11-12H2,1-3H3/t13-/m0/s1. The third-order valence-electron chi connectivity index (χ3n) is 4.01. The molecular weight excluding hydrogens is 324 g/mol. The van der Waals surface area contributed by atoms with Crippen LogP contribution in [0.2, 0.25) is 0 Å². The molecule has 0 unspecified atom stereocenters. The molecule has 2 heterocycles. The quantitative estimate of drug-likeness (QED) is 0.821. The molecule has 0 spiro atoms. The van der Waals surface area contributed by atoms with Crippen LogP contribution in [0.3, 0.4) is 0 Å². The van der Waals surface area contributed by atoms with Gasteiger partial charge in [-0.1, -0.05) is 12.1 Å². The number of rotatable bonds is 3. The van der Waals surface area contributed by atoms with Gasteiger partial charge in [-0.2, -0.15) is 4.37 Å². The van der Waals surface area contributed by atoms with Crippen LogP contribution in [0, 0.1) is 0 Å². The highest BCUT2D eigenvalue weighted by Crippen LogP contribution is 2.29. The third kappa shape index (κ3) is 3.98. The number of hydrogen-bond donors (Lipinski definition) is 0. The summed E-state index contributed by atoms with van der Waals surface area (Å²) in [5.41, 5.74) is -0.481. The Labute approximate surface area is 146 Å². The van der Waals surface area contributed by atoms with E-state index in [4.69, 9.17) is 9.47 Å². The van der Waals surface area contributed by atoms with Crippen LogP contribution >= 0.6 is 11.5 Å². The van der Waals surface area contributed by atoms with Gasteiger partial charge in [0, 0.05) is 6.54 Å². The molecule has 1 amide bonds. The molecular formula is C18H24N2O3S. The van der Waals surface area contributed by atoms with Gasteiger partial charge < -0.3 is 14.4 Å². The fraction of sp³-hybridized carbons (Fsp3) is 0.556. The van der Waals surface area contributed by atoms with Crippen molar-refractivity contribution >= 4 is 27.7 Å². The van der Waals surface area contributed by atoms with E-state index in [0.717, 1.165) is 35.9 Å². The van der Waals surface area contributed by atoms with Crippen LogP contribution in [0.25, 0.3) is 10.1 Å². The Bertz CT molecular complexity index is 708. The van der Waals surface area contributed by atoms with Crippen LogP contribution in [-0.4, -0.2) is 40.2 Å². The third-order valence-corrected chi connectivity index (χ3v) is 4.82. The lowest BCUT2D eigenvalue weighted by Gasteiger charge is -2.36. The van der Waals surface area contributed by atoms with Gasteiger partial charge in [0.05, 0.1) is 16.1 Å². The Balaban J connectivity index is 1.67. The lowest BCUT2D eigenvalue weighted by molar-refractivity contribution is 0.00349. The first-order valence-electron chi connectivity index (χ1n) is 8.41. The van der Waals surface area contributed by atoms with E-state index in [-0.39, 0.29) is 12.1 Å². The normalized spacial score (nSPS) is 18.6. The van der Waals surface area contributed by atoms with Crippen molar-refractivity contribution in [3.8, 4) is 5.88 Å². The number of fused-ring (bicyclic) bond motifs is 1. The molecule has 1 aromatic carbocycles. The summed E-state index contributed by atoms with van der Waals surface area (Å²) in [6.45, 7) is 6.85. The fourth-order valence-corrected chi connectivity index (χ4v) is 3.60. The second-order valence-electron chi connectivity index (χ2n) is 7.12. The van der Waals surface area contributed by atoms with Crippen LogP contribution in [-0.2, 0) is 4.74 Å². The predicted molar refractivity (Wildman–Crippen MR) is 95.7 cm³/mol. The number of nitrogens with zero attached hydrogens (tertiary/aromatic N) is 2. The Morgan fingerprint density at radius 1 is 1.33 bits per heavy atom. The van der Waals surface area contributed by atoms with Crippen LogP contribution < -0.4 is 4.74 Å². The molecule has 1 saturated heterocycles. The van der Waals surface area contributed by atoms with Crippen molar-refractivity contribution in [2.45, 2.75) is 51.7 Å². The molecule has 24 heavy (non-hydrogen) atoms. The van der Waals surface area contributed by atoms with E-state index in [1.807, 2.05) is 49.9 Å². The summed E-state index contributed by atoms with van der Waals surface area (Å²) in [6.07, 6.45) is 2.79. The van der Waals surface area contributed by atoms with Gasteiger partial charge in [-0.3, -0.25) is 0 Å². The van der Waals surface area contributed by atoms with E-state index < -0.39 is 5.60 Å². The van der Waals surface area contributed by atoms with Gasteiger partial charge in [0.1, 0.15) is 12.2 Å². The van der Waals surface area contributed by atoms with E-state index >= 15 is 0 Å². The van der Waals surface area contributed by atoms with Gasteiger partial charge in [-0.25, -0.2) is 4.79 Å². The zero-order chi connectivity index (χ0) is 17.2. The maximum absolute atomic E-state index is 12.4. The second kappa shape index (κ2) is 6.97. The number of ether oxygens (including phenoxy) is 2. The molecule has 2 aromatic rings. The van der Waals surface area contributed by atoms with Gasteiger partial charge in [0.15, 0.2) is 0 Å². The van der Waals surface area contributed by atoms with Gasteiger partial charge in [-0.05, 0) is 63.7 Å². The summed E-state index contributed by atoms with van der Waals surface area (Å²) in [5.74, 6) is 0.658. The first kappa shape index (κ1) is 17.0. The van der Waals surface area contributed by atoms with E-state index in [9.17, 15) is 4.79 Å². The summed E-state index contributed by atoms with van der Waals surface area (Å²) in [5, 5.41) is 1.03. The molecule has 1 atom stereocenters. The number of aromatic nitrogens is 1. The van der Waals surface area contributed by atoms with Crippen LogP contribution in [0.5, 0.6) is 5.88 Å². The van der Waals surface area contributed by atoms with E-state index in [0.29, 0.717) is 12.5 Å². The van der Waals surface area contributed by atoms with Gasteiger partial charge in [0.25, 0.3) is 0 Å². The van der Waals surface area contributed by atoms with Crippen molar-refractivity contribution in [3.05, 3.63) is 24.3 Å². The molecule has 6 heteroatoms. The van der Waals surface area contributed by atoms with E-state index in [1.165, 1.54) is 11.5 Å². The minimum absolute atomic E-state index is 0.0362. The summed E-state index contributed by atoms with van der Waals surface area (Å²) in [4.78, 5) is 14.2. The van der Waals surface area contributed by atoms with Gasteiger partial charge in [0.2, 0.25) is 5.88 Å². The molecule has 1 aliphatic heterocycles. The molecule has 0 saturated carbocycles. The highest BCUT2D eigenvalue weighted by Gasteiger charge is 2.31. The van der Waals surface area contributed by atoms with Crippen molar-refractivity contribution in [1.82, 2.24) is 9.27 Å². The first-order chi connectivity index (χ1) is 11.4. The summed E-state index contributed by atoms with van der Waals surface area (Å²) >= 11 is 1.44. The maximum Gasteiger partial charge on any atom is 0.410 e. The smallest absolute Gasteiger partial charge is 0.410 e. The largest absolute Gasteiger partial charge is 0.474 e. The molecule has 1 aromatic heterocycles. The minimum atomic E-state index is -0.481. The first-order valence-corrected chi connectivity index (χ1v) is 9.18. The number of likely N-dealkylation sites (tertiary alicyclic amines) is 1. The van der Waals surface area contributed by atoms with Gasteiger partial charge >= 0.3 is 6.09 Å². The Morgan fingerprint density at radius 3 is 2.92 bits per heavy atom. The number of piperidine rings is 1. The fourth-order valence-electron chi connectivity index (χ4n) is 2.88. The SMILES string of the molecule is CC(C)(C)OC(=O)N1CCCC[C@H]1COc1nsc2ccccc12. The van der Waals surface area contributed by atoms with Gasteiger partial charge in [-0.15, -0.1) is 0 Å². The molecule has 5 nitrogen and oxygen atoms in total. The number of carbonyl (C=O) groups excluding carboxylic acids is 1. The molecule has 0 bridgehead atoms. The zero-order valence-corrected chi connectivity index (χ0v) is 15.3. The number of hydrogen-bond acceptors (Lipinski definition) is 5. The van der Waals surface area contributed by atoms with Crippen molar-refractivity contribution in [3.63, 3.8) is 0 Å². The Kier molecular flexibility index (Phi) is 4.94. The average molecular weight is 348 g/mol. The van der Waals surface area contributed by atoms with Crippen LogP contribution in [0.4, 0.5) is 4.79 Å². The van der Waals surface area contributed by atoms with Crippen LogP contribution in [0.15, 0.2) is 24.3 Å².